The number of nitrogens with zero attached hydrogens (tertiary/aromatic N) is 2. The monoisotopic (exact) mass is 424 g/mol. The van der Waals surface area contributed by atoms with Crippen molar-refractivity contribution in [3.8, 4) is 11.3 Å². The lowest BCUT2D eigenvalue weighted by Gasteiger charge is -2.31. The first-order chi connectivity index (χ1) is 15.1. The van der Waals surface area contributed by atoms with Crippen LogP contribution in [-0.4, -0.2) is 28.4 Å². The second-order valence-corrected chi connectivity index (χ2v) is 7.94. The van der Waals surface area contributed by atoms with Crippen molar-refractivity contribution >= 4 is 5.91 Å². The van der Waals surface area contributed by atoms with Gasteiger partial charge in [-0.3, -0.25) is 4.79 Å². The van der Waals surface area contributed by atoms with Gasteiger partial charge in [0.2, 0.25) is 5.91 Å². The van der Waals surface area contributed by atoms with Crippen LogP contribution >= 0.6 is 0 Å². The Labute approximate surface area is 180 Å². The number of hydrogen-bond donors (Lipinski definition) is 0. The maximum atomic E-state index is 14.0. The van der Waals surface area contributed by atoms with Gasteiger partial charge in [0, 0.05) is 31.3 Å². The molecule has 2 heterocycles. The third-order valence-electron chi connectivity index (χ3n) is 6.07. The number of carbonyl (C=O) groups excluding carboxylic acids is 1. The first-order valence-corrected chi connectivity index (χ1v) is 10.8. The maximum Gasteiger partial charge on any atom is 0.223 e. The van der Waals surface area contributed by atoms with Gasteiger partial charge in [-0.15, -0.1) is 0 Å². The lowest BCUT2D eigenvalue weighted by molar-refractivity contribution is -0.132. The van der Waals surface area contributed by atoms with Crippen molar-refractivity contribution in [2.75, 3.05) is 6.54 Å². The van der Waals surface area contributed by atoms with Crippen LogP contribution in [0.25, 0.3) is 11.3 Å². The molecule has 2 atom stereocenters. The molecule has 0 spiro atoms. The van der Waals surface area contributed by atoms with E-state index in [4.69, 9.17) is 4.42 Å². The maximum absolute atomic E-state index is 14.0. The van der Waals surface area contributed by atoms with Gasteiger partial charge < -0.3 is 9.32 Å². The zero-order chi connectivity index (χ0) is 21.8. The highest BCUT2D eigenvalue weighted by Gasteiger charge is 2.34. The topological polar surface area (TPSA) is 46.3 Å². The Bertz CT molecular complexity index is 1010. The van der Waals surface area contributed by atoms with Crippen molar-refractivity contribution in [2.45, 2.75) is 51.0 Å². The molecule has 0 bridgehead atoms. The lowest BCUT2D eigenvalue weighted by Crippen LogP contribution is -2.39. The second kappa shape index (κ2) is 9.41. The predicted octanol–water partition coefficient (Wildman–Crippen LogP) is 5.74. The second-order valence-electron chi connectivity index (χ2n) is 7.94. The molecule has 1 amide bonds. The third kappa shape index (κ3) is 4.53. The van der Waals surface area contributed by atoms with Gasteiger partial charge in [-0.2, -0.15) is 0 Å². The number of carbonyl (C=O) groups is 1. The summed E-state index contributed by atoms with van der Waals surface area (Å²) in [4.78, 5) is 19.1. The van der Waals surface area contributed by atoms with E-state index in [1.54, 1.807) is 0 Å². The fourth-order valence-electron chi connectivity index (χ4n) is 4.58. The molecule has 1 fully saturated rings. The first kappa shape index (κ1) is 21.2. The molecule has 1 aromatic heterocycles. The fraction of sp³-hybridized carbons (Fsp3) is 0.360. The molecule has 0 aliphatic carbocycles. The molecule has 0 radical (unpaired) electrons. The van der Waals surface area contributed by atoms with Crippen LogP contribution in [0.3, 0.4) is 0 Å². The molecule has 3 aromatic rings. The van der Waals surface area contributed by atoms with Crippen LogP contribution in [0.1, 0.15) is 50.0 Å². The summed E-state index contributed by atoms with van der Waals surface area (Å²) < 4.78 is 33.5. The van der Waals surface area contributed by atoms with Crippen LogP contribution in [0, 0.1) is 11.6 Å². The molecule has 4 nitrogen and oxygen atoms in total. The largest absolute Gasteiger partial charge is 0.441 e. The Morgan fingerprint density at radius 2 is 1.90 bits per heavy atom. The van der Waals surface area contributed by atoms with E-state index in [1.807, 2.05) is 23.1 Å². The first-order valence-electron chi connectivity index (χ1n) is 10.8. The minimum absolute atomic E-state index is 0.0345. The Hall–Kier alpha value is -3.02. The fourth-order valence-corrected chi connectivity index (χ4v) is 4.58. The minimum atomic E-state index is -0.704. The zero-order valence-corrected chi connectivity index (χ0v) is 17.6. The van der Waals surface area contributed by atoms with E-state index in [-0.39, 0.29) is 29.7 Å². The van der Waals surface area contributed by atoms with Crippen molar-refractivity contribution in [2.24, 2.45) is 0 Å². The number of likely N-dealkylation sites (tertiary alicyclic amines) is 1. The van der Waals surface area contributed by atoms with E-state index in [1.165, 1.54) is 30.0 Å². The number of benzene rings is 2. The van der Waals surface area contributed by atoms with Gasteiger partial charge in [-0.05, 0) is 37.0 Å². The number of aryl methyl sites for hydroxylation is 1. The molecule has 0 saturated carbocycles. The van der Waals surface area contributed by atoms with E-state index < -0.39 is 11.6 Å². The molecule has 1 saturated heterocycles. The van der Waals surface area contributed by atoms with Crippen LogP contribution in [0.2, 0.25) is 0 Å². The summed E-state index contributed by atoms with van der Waals surface area (Å²) in [7, 11) is 0. The van der Waals surface area contributed by atoms with Crippen molar-refractivity contribution in [3.63, 3.8) is 0 Å². The summed E-state index contributed by atoms with van der Waals surface area (Å²) >= 11 is 0. The van der Waals surface area contributed by atoms with Crippen molar-refractivity contribution in [3.05, 3.63) is 77.8 Å². The molecule has 2 unspecified atom stereocenters. The smallest absolute Gasteiger partial charge is 0.223 e. The molecule has 4 rings (SSSR count). The molecular formula is C25H26F2N2O2. The average molecular weight is 424 g/mol. The average Bonchev–Trinajstić information content (AvgIpc) is 3.44. The lowest BCUT2D eigenvalue weighted by atomic mass is 9.87. The summed E-state index contributed by atoms with van der Waals surface area (Å²) in [5.41, 5.74) is 1.03. The normalized spacial score (nSPS) is 17.1. The van der Waals surface area contributed by atoms with E-state index in [0.717, 1.165) is 25.8 Å². The van der Waals surface area contributed by atoms with E-state index in [0.29, 0.717) is 18.2 Å². The van der Waals surface area contributed by atoms with E-state index >= 15 is 0 Å². The van der Waals surface area contributed by atoms with Crippen molar-refractivity contribution in [1.29, 1.82) is 0 Å². The molecule has 31 heavy (non-hydrogen) atoms. The molecule has 2 aromatic carbocycles. The number of aromatic nitrogens is 1. The van der Waals surface area contributed by atoms with E-state index in [2.05, 4.69) is 24.0 Å². The Balaban J connectivity index is 1.42. The SMILES string of the molecule is CCC(c1ccccc1)C1CCCN1C(=O)CCc1ncc(-c2c(F)cccc2F)o1. The molecule has 162 valence electrons. The predicted molar refractivity (Wildman–Crippen MR) is 114 cm³/mol. The Morgan fingerprint density at radius 3 is 2.61 bits per heavy atom. The van der Waals surface area contributed by atoms with E-state index in [9.17, 15) is 13.6 Å². The third-order valence-corrected chi connectivity index (χ3v) is 6.07. The van der Waals surface area contributed by atoms with Gasteiger partial charge in [0.15, 0.2) is 11.7 Å². The van der Waals surface area contributed by atoms with Crippen LogP contribution in [-0.2, 0) is 11.2 Å². The molecular weight excluding hydrogens is 398 g/mol. The molecule has 0 N–H and O–H groups in total. The number of rotatable bonds is 7. The van der Waals surface area contributed by atoms with Crippen LogP contribution in [0.5, 0.6) is 0 Å². The highest BCUT2D eigenvalue weighted by Crippen LogP contribution is 2.34. The minimum Gasteiger partial charge on any atom is -0.441 e. The summed E-state index contributed by atoms with van der Waals surface area (Å²) in [6, 6.07) is 14.2. The summed E-state index contributed by atoms with van der Waals surface area (Å²) in [5.74, 6) is -0.696. The number of hydrogen-bond acceptors (Lipinski definition) is 3. The Morgan fingerprint density at radius 1 is 1.16 bits per heavy atom. The van der Waals surface area contributed by atoms with Gasteiger partial charge in [0.05, 0.1) is 11.8 Å². The summed E-state index contributed by atoms with van der Waals surface area (Å²) in [5, 5.41) is 0. The van der Waals surface area contributed by atoms with Crippen LogP contribution in [0.15, 0.2) is 59.1 Å². The number of oxazole rings is 1. The highest BCUT2D eigenvalue weighted by molar-refractivity contribution is 5.77. The zero-order valence-electron chi connectivity index (χ0n) is 17.6. The quantitative estimate of drug-likeness (QED) is 0.486. The molecule has 6 heteroatoms. The van der Waals surface area contributed by atoms with Gasteiger partial charge in [-0.25, -0.2) is 13.8 Å². The molecule has 1 aliphatic heterocycles. The van der Waals surface area contributed by atoms with Crippen molar-refractivity contribution in [1.82, 2.24) is 9.88 Å². The molecule has 1 aliphatic rings. The Kier molecular flexibility index (Phi) is 6.44. The van der Waals surface area contributed by atoms with Gasteiger partial charge in [0.1, 0.15) is 11.6 Å². The standard InChI is InChI=1S/C25H26F2N2O2/c1-2-18(17-8-4-3-5-9-17)21-12-7-15-29(21)24(30)14-13-23-28-16-22(31-23)25-19(26)10-6-11-20(25)27/h3-6,8-11,16,18,21H,2,7,12-15H2,1H3. The van der Waals surface area contributed by atoms with Crippen molar-refractivity contribution < 1.29 is 18.0 Å². The van der Waals surface area contributed by atoms with Gasteiger partial charge >= 0.3 is 0 Å². The van der Waals surface area contributed by atoms with Crippen LogP contribution < -0.4 is 0 Å². The summed E-state index contributed by atoms with van der Waals surface area (Å²) in [6.45, 7) is 2.92. The number of halogens is 2. The van der Waals surface area contributed by atoms with Gasteiger partial charge in [0.25, 0.3) is 0 Å². The number of amides is 1. The highest BCUT2D eigenvalue weighted by atomic mass is 19.1. The van der Waals surface area contributed by atoms with Gasteiger partial charge in [-0.1, -0.05) is 43.3 Å². The summed E-state index contributed by atoms with van der Waals surface area (Å²) in [6.07, 6.45) is 4.81. The van der Waals surface area contributed by atoms with Crippen LogP contribution in [0.4, 0.5) is 8.78 Å².